The van der Waals surface area contributed by atoms with Gasteiger partial charge in [-0.15, -0.1) is 0 Å². The van der Waals surface area contributed by atoms with Crippen LogP contribution in [0.4, 0.5) is 5.69 Å². The van der Waals surface area contributed by atoms with Crippen LogP contribution in [-0.4, -0.2) is 20.1 Å². The van der Waals surface area contributed by atoms with Crippen molar-refractivity contribution in [2.45, 2.75) is 46.1 Å². The minimum Gasteiger partial charge on any atom is -0.374 e. The van der Waals surface area contributed by atoms with Crippen LogP contribution < -0.4 is 10.2 Å². The molecule has 1 aliphatic rings. The van der Waals surface area contributed by atoms with Crippen molar-refractivity contribution < 1.29 is 0 Å². The normalized spacial score (nSPS) is 16.0. The van der Waals surface area contributed by atoms with E-state index in [1.807, 2.05) is 0 Å². The molecule has 0 radical (unpaired) electrons. The second kappa shape index (κ2) is 7.68. The summed E-state index contributed by atoms with van der Waals surface area (Å²) < 4.78 is 0. The lowest BCUT2D eigenvalue weighted by Gasteiger charge is -2.25. The van der Waals surface area contributed by atoms with Crippen LogP contribution in [0.3, 0.4) is 0 Å². The van der Waals surface area contributed by atoms with Crippen molar-refractivity contribution in [2.24, 2.45) is 11.8 Å². The minimum atomic E-state index is 0.707. The van der Waals surface area contributed by atoms with E-state index < -0.39 is 0 Å². The van der Waals surface area contributed by atoms with E-state index >= 15 is 0 Å². The number of anilines is 1. The largest absolute Gasteiger partial charge is 0.374 e. The summed E-state index contributed by atoms with van der Waals surface area (Å²) in [6, 6.07) is 8.83. The van der Waals surface area contributed by atoms with Crippen LogP contribution in [0.2, 0.25) is 0 Å². The molecule has 1 fully saturated rings. The molecule has 0 aliphatic heterocycles. The molecule has 1 N–H and O–H groups in total. The summed E-state index contributed by atoms with van der Waals surface area (Å²) in [5.74, 6) is 1.61. The molecule has 1 aromatic carbocycles. The Kier molecular flexibility index (Phi) is 5.90. The zero-order chi connectivity index (χ0) is 14.4. The Morgan fingerprint density at radius 3 is 2.60 bits per heavy atom. The van der Waals surface area contributed by atoms with E-state index in [4.69, 9.17) is 0 Å². The molecule has 2 heteroatoms. The summed E-state index contributed by atoms with van der Waals surface area (Å²) in [4.78, 5) is 2.46. The lowest BCUT2D eigenvalue weighted by atomic mass is 10.1. The van der Waals surface area contributed by atoms with Gasteiger partial charge in [0.25, 0.3) is 0 Å². The van der Waals surface area contributed by atoms with Crippen LogP contribution in [0, 0.1) is 11.8 Å². The molecule has 20 heavy (non-hydrogen) atoms. The monoisotopic (exact) mass is 274 g/mol. The number of nitrogens with one attached hydrogen (secondary N) is 1. The molecule has 1 saturated carbocycles. The molecule has 0 heterocycles. The fraction of sp³-hybridized carbons (Fsp3) is 0.667. The molecule has 2 rings (SSSR count). The maximum absolute atomic E-state index is 3.56. The predicted octanol–water partition coefficient (Wildman–Crippen LogP) is 4.06. The number of rotatable bonds is 7. The first-order chi connectivity index (χ1) is 9.66. The molecule has 0 unspecified atom stereocenters. The van der Waals surface area contributed by atoms with E-state index in [9.17, 15) is 0 Å². The molecule has 0 bridgehead atoms. The average Bonchev–Trinajstić information content (AvgIpc) is 2.91. The summed E-state index contributed by atoms with van der Waals surface area (Å²) in [6.45, 7) is 7.78. The van der Waals surface area contributed by atoms with E-state index in [1.165, 1.54) is 43.5 Å². The third-order valence-corrected chi connectivity index (χ3v) is 4.28. The predicted molar refractivity (Wildman–Crippen MR) is 88.2 cm³/mol. The summed E-state index contributed by atoms with van der Waals surface area (Å²) >= 11 is 0. The third kappa shape index (κ3) is 4.52. The zero-order valence-electron chi connectivity index (χ0n) is 13.4. The van der Waals surface area contributed by atoms with Crippen LogP contribution in [0.25, 0.3) is 0 Å². The zero-order valence-corrected chi connectivity index (χ0v) is 13.4. The number of para-hydroxylation sites is 1. The fourth-order valence-electron chi connectivity index (χ4n) is 3.21. The summed E-state index contributed by atoms with van der Waals surface area (Å²) in [7, 11) is 2.25. The summed E-state index contributed by atoms with van der Waals surface area (Å²) in [5.41, 5.74) is 2.82. The number of nitrogens with zero attached hydrogens (tertiary/aromatic N) is 1. The van der Waals surface area contributed by atoms with Gasteiger partial charge in [0.1, 0.15) is 0 Å². The van der Waals surface area contributed by atoms with Crippen LogP contribution in [0.5, 0.6) is 0 Å². The highest BCUT2D eigenvalue weighted by atomic mass is 15.1. The van der Waals surface area contributed by atoms with Gasteiger partial charge in [-0.05, 0) is 42.9 Å². The Balaban J connectivity index is 1.94. The fourth-order valence-corrected chi connectivity index (χ4v) is 3.21. The topological polar surface area (TPSA) is 15.3 Å². The van der Waals surface area contributed by atoms with Gasteiger partial charge in [-0.3, -0.25) is 0 Å². The van der Waals surface area contributed by atoms with Crippen LogP contribution in [0.15, 0.2) is 24.3 Å². The maximum Gasteiger partial charge on any atom is 0.0409 e. The van der Waals surface area contributed by atoms with Crippen LogP contribution in [-0.2, 0) is 6.54 Å². The molecular formula is C18H30N2. The molecular weight excluding hydrogens is 244 g/mol. The van der Waals surface area contributed by atoms with Gasteiger partial charge in [0.2, 0.25) is 0 Å². The van der Waals surface area contributed by atoms with Gasteiger partial charge in [-0.2, -0.15) is 0 Å². The first-order valence-electron chi connectivity index (χ1n) is 8.16. The molecule has 112 valence electrons. The van der Waals surface area contributed by atoms with Crippen molar-refractivity contribution in [3.05, 3.63) is 29.8 Å². The van der Waals surface area contributed by atoms with Crippen molar-refractivity contribution in [3.63, 3.8) is 0 Å². The van der Waals surface area contributed by atoms with E-state index in [2.05, 4.69) is 55.4 Å². The standard InChI is InChI=1S/C18H30N2/c1-15(2)12-19-13-17-10-6-7-11-18(17)20(3)14-16-8-4-5-9-16/h6-7,10-11,15-16,19H,4-5,8-9,12-14H2,1-3H3. The highest BCUT2D eigenvalue weighted by Crippen LogP contribution is 2.28. The van der Waals surface area contributed by atoms with Gasteiger partial charge in [0, 0.05) is 25.8 Å². The average molecular weight is 274 g/mol. The van der Waals surface area contributed by atoms with Gasteiger partial charge >= 0.3 is 0 Å². The highest BCUT2D eigenvalue weighted by Gasteiger charge is 2.18. The second-order valence-corrected chi connectivity index (χ2v) is 6.68. The van der Waals surface area contributed by atoms with Gasteiger partial charge in [-0.25, -0.2) is 0 Å². The maximum atomic E-state index is 3.56. The lowest BCUT2D eigenvalue weighted by molar-refractivity contribution is 0.540. The van der Waals surface area contributed by atoms with E-state index in [0.29, 0.717) is 5.92 Å². The third-order valence-electron chi connectivity index (χ3n) is 4.28. The molecule has 0 amide bonds. The van der Waals surface area contributed by atoms with Gasteiger partial charge < -0.3 is 10.2 Å². The smallest absolute Gasteiger partial charge is 0.0409 e. The number of benzene rings is 1. The van der Waals surface area contributed by atoms with Crippen LogP contribution in [0.1, 0.15) is 45.1 Å². The highest BCUT2D eigenvalue weighted by molar-refractivity contribution is 5.53. The summed E-state index contributed by atoms with van der Waals surface area (Å²) in [6.07, 6.45) is 5.68. The molecule has 0 saturated heterocycles. The first-order valence-corrected chi connectivity index (χ1v) is 8.16. The quantitative estimate of drug-likeness (QED) is 0.806. The molecule has 0 spiro atoms. The molecule has 2 nitrogen and oxygen atoms in total. The Bertz CT molecular complexity index is 394. The number of hydrogen-bond donors (Lipinski definition) is 1. The van der Waals surface area contributed by atoms with Crippen molar-refractivity contribution in [3.8, 4) is 0 Å². The first kappa shape index (κ1) is 15.4. The number of hydrogen-bond acceptors (Lipinski definition) is 2. The van der Waals surface area contributed by atoms with Crippen molar-refractivity contribution in [2.75, 3.05) is 25.0 Å². The Hall–Kier alpha value is -1.02. The van der Waals surface area contributed by atoms with Crippen molar-refractivity contribution in [1.29, 1.82) is 0 Å². The van der Waals surface area contributed by atoms with Crippen LogP contribution >= 0.6 is 0 Å². The SMILES string of the molecule is CC(C)CNCc1ccccc1N(C)CC1CCCC1. The van der Waals surface area contributed by atoms with Gasteiger partial charge in [0.05, 0.1) is 0 Å². The van der Waals surface area contributed by atoms with Crippen molar-refractivity contribution >= 4 is 5.69 Å². The van der Waals surface area contributed by atoms with Crippen molar-refractivity contribution in [1.82, 2.24) is 5.32 Å². The van der Waals surface area contributed by atoms with E-state index in [1.54, 1.807) is 0 Å². The van der Waals surface area contributed by atoms with Gasteiger partial charge in [0.15, 0.2) is 0 Å². The molecule has 1 aliphatic carbocycles. The lowest BCUT2D eigenvalue weighted by Crippen LogP contribution is -2.26. The summed E-state index contributed by atoms with van der Waals surface area (Å²) in [5, 5.41) is 3.56. The van der Waals surface area contributed by atoms with E-state index in [0.717, 1.165) is 19.0 Å². The molecule has 1 aromatic rings. The second-order valence-electron chi connectivity index (χ2n) is 6.68. The van der Waals surface area contributed by atoms with Gasteiger partial charge in [-0.1, -0.05) is 44.9 Å². The molecule has 0 aromatic heterocycles. The van der Waals surface area contributed by atoms with E-state index in [-0.39, 0.29) is 0 Å². The molecule has 0 atom stereocenters. The Morgan fingerprint density at radius 1 is 1.20 bits per heavy atom. The Labute approximate surface area is 124 Å². The minimum absolute atomic E-state index is 0.707. The Morgan fingerprint density at radius 2 is 1.90 bits per heavy atom.